The van der Waals surface area contributed by atoms with E-state index in [-0.39, 0.29) is 11.8 Å². The van der Waals surface area contributed by atoms with Crippen LogP contribution >= 0.6 is 34.0 Å². The summed E-state index contributed by atoms with van der Waals surface area (Å²) in [7, 11) is 0. The molecule has 0 aliphatic carbocycles. The van der Waals surface area contributed by atoms with Crippen LogP contribution in [0.4, 0.5) is 0 Å². The molecule has 0 saturated carbocycles. The Labute approximate surface area is 145 Å². The van der Waals surface area contributed by atoms with E-state index in [1.807, 2.05) is 29.6 Å². The van der Waals surface area contributed by atoms with Crippen LogP contribution in [0.25, 0.3) is 9.88 Å². The number of carbonyl (C=O) groups excluding carboxylic acids is 2. The highest BCUT2D eigenvalue weighted by Gasteiger charge is 2.19. The molecular weight excluding hydrogens is 350 g/mol. The molecule has 0 aromatic carbocycles. The van der Waals surface area contributed by atoms with Crippen LogP contribution in [0.3, 0.4) is 0 Å². The lowest BCUT2D eigenvalue weighted by molar-refractivity contribution is 0.0531. The number of hydrogen-bond acceptors (Lipinski definition) is 7. The molecule has 3 aromatic heterocycles. The van der Waals surface area contributed by atoms with Gasteiger partial charge in [0.1, 0.15) is 9.88 Å². The minimum Gasteiger partial charge on any atom is -0.462 e. The minimum atomic E-state index is -0.347. The zero-order valence-electron chi connectivity index (χ0n) is 12.5. The molecule has 3 heterocycles. The number of hydrogen-bond donors (Lipinski definition) is 0. The Morgan fingerprint density at radius 2 is 2.00 bits per heavy atom. The van der Waals surface area contributed by atoms with Gasteiger partial charge >= 0.3 is 5.97 Å². The fourth-order valence-electron chi connectivity index (χ4n) is 1.99. The van der Waals surface area contributed by atoms with E-state index in [9.17, 15) is 9.59 Å². The average molecular weight is 363 g/mol. The highest BCUT2D eigenvalue weighted by Crippen LogP contribution is 2.34. The van der Waals surface area contributed by atoms with Gasteiger partial charge < -0.3 is 4.74 Å². The molecule has 23 heavy (non-hydrogen) atoms. The van der Waals surface area contributed by atoms with E-state index in [0.717, 1.165) is 14.8 Å². The summed E-state index contributed by atoms with van der Waals surface area (Å²) in [6.07, 6.45) is 0. The molecule has 0 unspecified atom stereocenters. The predicted molar refractivity (Wildman–Crippen MR) is 93.9 cm³/mol. The Kier molecular flexibility index (Phi) is 4.70. The Hall–Kier alpha value is -1.83. The SMILES string of the molecule is CCOC(=O)c1sc(-c2ccc(C(=O)c3cccs3)s2)nc1C. The van der Waals surface area contributed by atoms with E-state index in [0.29, 0.717) is 22.1 Å². The molecule has 0 N–H and O–H groups in total. The third kappa shape index (κ3) is 3.26. The van der Waals surface area contributed by atoms with E-state index < -0.39 is 0 Å². The van der Waals surface area contributed by atoms with Crippen molar-refractivity contribution >= 4 is 45.8 Å². The number of thiophene rings is 2. The average Bonchev–Trinajstić information content (AvgIpc) is 3.27. The topological polar surface area (TPSA) is 56.3 Å². The number of ether oxygens (including phenoxy) is 1. The van der Waals surface area contributed by atoms with E-state index >= 15 is 0 Å². The van der Waals surface area contributed by atoms with Crippen LogP contribution in [0.1, 0.15) is 36.8 Å². The maximum absolute atomic E-state index is 12.3. The van der Waals surface area contributed by atoms with Gasteiger partial charge in [-0.1, -0.05) is 6.07 Å². The van der Waals surface area contributed by atoms with Gasteiger partial charge in [0.15, 0.2) is 0 Å². The fraction of sp³-hybridized carbons (Fsp3) is 0.188. The molecular formula is C16H13NO3S3. The van der Waals surface area contributed by atoms with Crippen molar-refractivity contribution in [3.05, 3.63) is 50.0 Å². The summed E-state index contributed by atoms with van der Waals surface area (Å²) in [5, 5.41) is 2.62. The van der Waals surface area contributed by atoms with Crippen molar-refractivity contribution in [1.82, 2.24) is 4.98 Å². The third-order valence-electron chi connectivity index (χ3n) is 3.04. The Balaban J connectivity index is 1.88. The van der Waals surface area contributed by atoms with Gasteiger partial charge in [-0.25, -0.2) is 9.78 Å². The standard InChI is InChI=1S/C16H13NO3S3/c1-3-20-16(19)14-9(2)17-15(23-14)12-7-6-11(22-12)13(18)10-5-4-8-21-10/h4-8H,3H2,1-2H3. The molecule has 0 fully saturated rings. The summed E-state index contributed by atoms with van der Waals surface area (Å²) in [6, 6.07) is 7.36. The molecule has 3 rings (SSSR count). The van der Waals surface area contributed by atoms with Gasteiger partial charge in [-0.05, 0) is 37.4 Å². The lowest BCUT2D eigenvalue weighted by Crippen LogP contribution is -2.03. The van der Waals surface area contributed by atoms with Gasteiger partial charge in [0.2, 0.25) is 5.78 Å². The molecule has 118 valence electrons. The number of aromatic nitrogens is 1. The molecule has 0 radical (unpaired) electrons. The van der Waals surface area contributed by atoms with Crippen LogP contribution in [-0.4, -0.2) is 23.3 Å². The quantitative estimate of drug-likeness (QED) is 0.489. The number of esters is 1. The maximum atomic E-state index is 12.3. The van der Waals surface area contributed by atoms with E-state index in [4.69, 9.17) is 4.74 Å². The fourth-order valence-corrected chi connectivity index (χ4v) is 4.71. The van der Waals surface area contributed by atoms with Gasteiger partial charge in [-0.2, -0.15) is 0 Å². The zero-order valence-corrected chi connectivity index (χ0v) is 14.9. The Morgan fingerprint density at radius 3 is 2.70 bits per heavy atom. The predicted octanol–water partition coefficient (Wildman–Crippen LogP) is 4.65. The summed E-state index contributed by atoms with van der Waals surface area (Å²) < 4.78 is 5.03. The summed E-state index contributed by atoms with van der Waals surface area (Å²) in [5.74, 6) is -0.324. The first kappa shape index (κ1) is 16.0. The molecule has 3 aromatic rings. The molecule has 0 spiro atoms. The number of nitrogens with zero attached hydrogens (tertiary/aromatic N) is 1. The van der Waals surface area contributed by atoms with Crippen molar-refractivity contribution < 1.29 is 14.3 Å². The first-order valence-corrected chi connectivity index (χ1v) is 9.44. The van der Waals surface area contributed by atoms with Crippen molar-refractivity contribution in [3.8, 4) is 9.88 Å². The second kappa shape index (κ2) is 6.74. The van der Waals surface area contributed by atoms with Crippen molar-refractivity contribution in [3.63, 3.8) is 0 Å². The van der Waals surface area contributed by atoms with Crippen LogP contribution < -0.4 is 0 Å². The van der Waals surface area contributed by atoms with Crippen molar-refractivity contribution in [2.24, 2.45) is 0 Å². The van der Waals surface area contributed by atoms with Gasteiger partial charge in [0.25, 0.3) is 0 Å². The third-order valence-corrected chi connectivity index (χ3v) is 6.30. The first-order valence-electron chi connectivity index (χ1n) is 6.93. The Bertz CT molecular complexity index is 846. The maximum Gasteiger partial charge on any atom is 0.350 e. The van der Waals surface area contributed by atoms with Gasteiger partial charge in [0, 0.05) is 0 Å². The first-order chi connectivity index (χ1) is 11.1. The highest BCUT2D eigenvalue weighted by molar-refractivity contribution is 7.24. The smallest absolute Gasteiger partial charge is 0.350 e. The second-order valence-electron chi connectivity index (χ2n) is 4.62. The van der Waals surface area contributed by atoms with Crippen molar-refractivity contribution in [2.45, 2.75) is 13.8 Å². The van der Waals surface area contributed by atoms with E-state index in [1.54, 1.807) is 13.8 Å². The summed E-state index contributed by atoms with van der Waals surface area (Å²) in [4.78, 5) is 31.5. The van der Waals surface area contributed by atoms with Gasteiger partial charge in [0.05, 0.1) is 26.9 Å². The van der Waals surface area contributed by atoms with Gasteiger partial charge in [-0.15, -0.1) is 34.0 Å². The van der Waals surface area contributed by atoms with Crippen molar-refractivity contribution in [2.75, 3.05) is 6.61 Å². The van der Waals surface area contributed by atoms with E-state index in [1.165, 1.54) is 34.0 Å². The molecule has 0 aliphatic rings. The van der Waals surface area contributed by atoms with Crippen LogP contribution in [0, 0.1) is 6.92 Å². The zero-order chi connectivity index (χ0) is 16.4. The lowest BCUT2D eigenvalue weighted by Gasteiger charge is -1.97. The molecule has 4 nitrogen and oxygen atoms in total. The summed E-state index contributed by atoms with van der Waals surface area (Å²) in [5.41, 5.74) is 0.656. The van der Waals surface area contributed by atoms with Gasteiger partial charge in [-0.3, -0.25) is 4.79 Å². The molecule has 0 atom stereocenters. The van der Waals surface area contributed by atoms with Crippen LogP contribution in [0.5, 0.6) is 0 Å². The molecule has 0 amide bonds. The summed E-state index contributed by atoms with van der Waals surface area (Å²) in [6.45, 7) is 3.90. The molecule has 0 saturated heterocycles. The molecule has 0 bridgehead atoms. The second-order valence-corrected chi connectivity index (χ2v) is 7.65. The normalized spacial score (nSPS) is 10.7. The van der Waals surface area contributed by atoms with E-state index in [2.05, 4.69) is 4.98 Å². The summed E-state index contributed by atoms with van der Waals surface area (Å²) >= 11 is 4.12. The number of carbonyl (C=O) groups is 2. The van der Waals surface area contributed by atoms with Crippen LogP contribution in [-0.2, 0) is 4.74 Å². The van der Waals surface area contributed by atoms with Crippen LogP contribution in [0.15, 0.2) is 29.6 Å². The number of thiazole rings is 1. The number of ketones is 1. The van der Waals surface area contributed by atoms with Crippen LogP contribution in [0.2, 0.25) is 0 Å². The minimum absolute atomic E-state index is 0.0233. The number of aryl methyl sites for hydroxylation is 1. The molecule has 0 aliphatic heterocycles. The molecule has 7 heteroatoms. The Morgan fingerprint density at radius 1 is 1.17 bits per heavy atom. The number of rotatable bonds is 5. The largest absolute Gasteiger partial charge is 0.462 e. The highest BCUT2D eigenvalue weighted by atomic mass is 32.1. The van der Waals surface area contributed by atoms with Crippen molar-refractivity contribution in [1.29, 1.82) is 0 Å². The monoisotopic (exact) mass is 363 g/mol. The lowest BCUT2D eigenvalue weighted by atomic mass is 10.3.